The number of carboxylic acid groups (broad SMARTS) is 1. The van der Waals surface area contributed by atoms with E-state index in [0.29, 0.717) is 5.92 Å². The number of hydrogen-bond acceptors (Lipinski definition) is 3. The summed E-state index contributed by atoms with van der Waals surface area (Å²) in [5, 5.41) is 19.3. The highest BCUT2D eigenvalue weighted by atomic mass is 35.5. The molecule has 1 aromatic carbocycles. The van der Waals surface area contributed by atoms with Crippen molar-refractivity contribution < 1.29 is 15.0 Å². The van der Waals surface area contributed by atoms with Gasteiger partial charge in [-0.05, 0) is 42.1 Å². The second kappa shape index (κ2) is 7.36. The minimum Gasteiger partial charge on any atom is -0.480 e. The molecule has 1 aromatic rings. The van der Waals surface area contributed by atoms with Gasteiger partial charge in [-0.2, -0.15) is 0 Å². The molecule has 0 aromatic heterocycles. The molecule has 0 radical (unpaired) electrons. The zero-order chi connectivity index (χ0) is 13.5. The van der Waals surface area contributed by atoms with Gasteiger partial charge in [0.25, 0.3) is 0 Å². The number of carbonyl (C=O) groups is 1. The maximum Gasteiger partial charge on any atom is 0.329 e. The average Bonchev–Trinajstić information content (AvgIpc) is 2.53. The van der Waals surface area contributed by atoms with E-state index in [4.69, 9.17) is 26.6 Å². The van der Waals surface area contributed by atoms with Gasteiger partial charge in [-0.3, -0.25) is 0 Å². The second-order valence-corrected chi connectivity index (χ2v) is 4.69. The van der Waals surface area contributed by atoms with Gasteiger partial charge in [0.1, 0.15) is 6.61 Å². The molecule has 1 heterocycles. The molecule has 3 N–H and O–H groups in total. The van der Waals surface area contributed by atoms with Crippen LogP contribution in [0.25, 0.3) is 0 Å². The summed E-state index contributed by atoms with van der Waals surface area (Å²) < 4.78 is 0. The molecule has 5 heteroatoms. The number of hydrogen-bond donors (Lipinski definition) is 3. The molecule has 1 atom stereocenters. The van der Waals surface area contributed by atoms with Crippen LogP contribution in [0.1, 0.15) is 24.0 Å². The summed E-state index contributed by atoms with van der Waals surface area (Å²) in [7, 11) is 0. The highest BCUT2D eigenvalue weighted by molar-refractivity contribution is 6.30. The van der Waals surface area contributed by atoms with Gasteiger partial charge in [0.2, 0.25) is 0 Å². The van der Waals surface area contributed by atoms with Crippen LogP contribution < -0.4 is 5.32 Å². The molecule has 0 bridgehead atoms. The molecule has 0 unspecified atom stereocenters. The van der Waals surface area contributed by atoms with Gasteiger partial charge in [0, 0.05) is 11.6 Å². The number of aliphatic hydroxyl groups excluding tert-OH is 1. The van der Waals surface area contributed by atoms with Gasteiger partial charge < -0.3 is 15.5 Å². The Kier molecular flexibility index (Phi) is 6.12. The smallest absolute Gasteiger partial charge is 0.329 e. The Morgan fingerprint density at radius 3 is 2.83 bits per heavy atom. The first-order valence-corrected chi connectivity index (χ1v) is 6.24. The number of rotatable bonds is 1. The van der Waals surface area contributed by atoms with Gasteiger partial charge in [0.15, 0.2) is 0 Å². The van der Waals surface area contributed by atoms with Crippen LogP contribution in [0.5, 0.6) is 0 Å². The standard InChI is InChI=1S/C11H14ClN.C2H4O3/c1-8-7-13-5-4-9-2-3-10(12)6-11(8)9;3-1-2(4)5/h2-3,6,8,13H,4-5,7H2,1H3;3H,1H2,(H,4,5)/t8-;/m0./s1. The molecule has 2 rings (SSSR count). The zero-order valence-electron chi connectivity index (χ0n) is 10.3. The summed E-state index contributed by atoms with van der Waals surface area (Å²) in [6.07, 6.45) is 1.12. The van der Waals surface area contributed by atoms with E-state index in [-0.39, 0.29) is 0 Å². The third kappa shape index (κ3) is 4.64. The van der Waals surface area contributed by atoms with Crippen LogP contribution in [0.2, 0.25) is 5.02 Å². The maximum atomic E-state index is 9.12. The molecule has 0 spiro atoms. The molecular weight excluding hydrogens is 254 g/mol. The first-order valence-electron chi connectivity index (χ1n) is 5.86. The van der Waals surface area contributed by atoms with Gasteiger partial charge in [0.05, 0.1) is 0 Å². The molecule has 0 aliphatic carbocycles. The SMILES string of the molecule is C[C@H]1CNCCc2ccc(Cl)cc21.O=C(O)CO. The number of benzene rings is 1. The highest BCUT2D eigenvalue weighted by Gasteiger charge is 2.13. The van der Waals surface area contributed by atoms with Crippen LogP contribution in [0, 0.1) is 0 Å². The van der Waals surface area contributed by atoms with Crippen LogP contribution in [0.3, 0.4) is 0 Å². The fraction of sp³-hybridized carbons (Fsp3) is 0.462. The van der Waals surface area contributed by atoms with E-state index in [1.165, 1.54) is 11.1 Å². The Morgan fingerprint density at radius 1 is 1.56 bits per heavy atom. The third-order valence-electron chi connectivity index (χ3n) is 2.80. The molecule has 0 amide bonds. The Hall–Kier alpha value is -1.10. The Labute approximate surface area is 112 Å². The highest BCUT2D eigenvalue weighted by Crippen LogP contribution is 2.25. The lowest BCUT2D eigenvalue weighted by atomic mass is 9.96. The minimum absolute atomic E-state index is 0.580. The Balaban J connectivity index is 0.000000280. The van der Waals surface area contributed by atoms with E-state index in [9.17, 15) is 0 Å². The molecule has 18 heavy (non-hydrogen) atoms. The fourth-order valence-electron chi connectivity index (χ4n) is 1.90. The van der Waals surface area contributed by atoms with Crippen LogP contribution in [0.15, 0.2) is 18.2 Å². The van der Waals surface area contributed by atoms with Crippen molar-refractivity contribution in [1.29, 1.82) is 0 Å². The van der Waals surface area contributed by atoms with E-state index in [1.807, 2.05) is 6.07 Å². The summed E-state index contributed by atoms with van der Waals surface area (Å²) in [4.78, 5) is 9.12. The summed E-state index contributed by atoms with van der Waals surface area (Å²) >= 11 is 5.97. The predicted molar refractivity (Wildman–Crippen MR) is 71.2 cm³/mol. The molecule has 1 aliphatic heterocycles. The number of halogens is 1. The van der Waals surface area contributed by atoms with Crippen molar-refractivity contribution >= 4 is 17.6 Å². The summed E-state index contributed by atoms with van der Waals surface area (Å²) in [5.74, 6) is -0.610. The number of nitrogens with one attached hydrogen (secondary N) is 1. The van der Waals surface area contributed by atoms with Crippen molar-refractivity contribution in [3.8, 4) is 0 Å². The Morgan fingerprint density at radius 2 is 2.22 bits per heavy atom. The van der Waals surface area contributed by atoms with Crippen molar-refractivity contribution in [2.24, 2.45) is 0 Å². The fourth-order valence-corrected chi connectivity index (χ4v) is 2.08. The topological polar surface area (TPSA) is 69.6 Å². The quantitative estimate of drug-likeness (QED) is 0.726. The lowest BCUT2D eigenvalue weighted by Crippen LogP contribution is -2.18. The van der Waals surface area contributed by atoms with Crippen LogP contribution in [-0.4, -0.2) is 35.9 Å². The average molecular weight is 272 g/mol. The molecule has 0 fully saturated rings. The Bertz CT molecular complexity index is 409. The number of aliphatic carboxylic acids is 1. The molecule has 0 saturated heterocycles. The van der Waals surface area contributed by atoms with Gasteiger partial charge >= 0.3 is 5.97 Å². The normalized spacial score (nSPS) is 18.1. The number of fused-ring (bicyclic) bond motifs is 1. The molecular formula is C13H18ClNO3. The lowest BCUT2D eigenvalue weighted by molar-refractivity contribution is -0.140. The number of carboxylic acids is 1. The number of aliphatic hydroxyl groups is 1. The lowest BCUT2D eigenvalue weighted by Gasteiger charge is -2.11. The first-order chi connectivity index (χ1) is 8.54. The minimum atomic E-state index is -1.19. The first kappa shape index (κ1) is 15.0. The summed E-state index contributed by atoms with van der Waals surface area (Å²) in [5.41, 5.74) is 2.86. The summed E-state index contributed by atoms with van der Waals surface area (Å²) in [6, 6.07) is 6.24. The summed E-state index contributed by atoms with van der Waals surface area (Å²) in [6.45, 7) is 3.61. The van der Waals surface area contributed by atoms with Crippen molar-refractivity contribution in [3.63, 3.8) is 0 Å². The monoisotopic (exact) mass is 271 g/mol. The van der Waals surface area contributed by atoms with Crippen LogP contribution in [-0.2, 0) is 11.2 Å². The molecule has 100 valence electrons. The van der Waals surface area contributed by atoms with Gasteiger partial charge in [-0.1, -0.05) is 24.6 Å². The van der Waals surface area contributed by atoms with E-state index in [1.54, 1.807) is 0 Å². The molecule has 1 aliphatic rings. The van der Waals surface area contributed by atoms with Crippen LogP contribution >= 0.6 is 11.6 Å². The third-order valence-corrected chi connectivity index (χ3v) is 3.03. The van der Waals surface area contributed by atoms with Gasteiger partial charge in [-0.15, -0.1) is 0 Å². The van der Waals surface area contributed by atoms with Gasteiger partial charge in [-0.25, -0.2) is 4.79 Å². The van der Waals surface area contributed by atoms with E-state index in [2.05, 4.69) is 24.4 Å². The van der Waals surface area contributed by atoms with E-state index >= 15 is 0 Å². The van der Waals surface area contributed by atoms with E-state index < -0.39 is 12.6 Å². The van der Waals surface area contributed by atoms with Crippen molar-refractivity contribution in [1.82, 2.24) is 5.32 Å². The van der Waals surface area contributed by atoms with E-state index in [0.717, 1.165) is 24.5 Å². The van der Waals surface area contributed by atoms with Crippen molar-refractivity contribution in [3.05, 3.63) is 34.3 Å². The zero-order valence-corrected chi connectivity index (χ0v) is 11.1. The second-order valence-electron chi connectivity index (χ2n) is 4.25. The van der Waals surface area contributed by atoms with Crippen LogP contribution in [0.4, 0.5) is 0 Å². The maximum absolute atomic E-state index is 9.12. The van der Waals surface area contributed by atoms with Crippen molar-refractivity contribution in [2.75, 3.05) is 19.7 Å². The molecule has 4 nitrogen and oxygen atoms in total. The molecule has 0 saturated carbocycles. The predicted octanol–water partition coefficient (Wildman–Crippen LogP) is 1.65. The largest absolute Gasteiger partial charge is 0.480 e. The van der Waals surface area contributed by atoms with Crippen molar-refractivity contribution in [2.45, 2.75) is 19.3 Å².